The van der Waals surface area contributed by atoms with Gasteiger partial charge in [0.15, 0.2) is 0 Å². The molecule has 0 spiro atoms. The van der Waals surface area contributed by atoms with E-state index >= 15 is 0 Å². The molecular weight excluding hydrogens is 721 g/mol. The molecule has 0 fully saturated rings. The largest absolute Gasteiger partial charge is 0.456 e. The molecule has 59 heavy (non-hydrogen) atoms. The average molecular weight is 757 g/mol. The third-order valence-electron chi connectivity index (χ3n) is 11.4. The fourth-order valence-corrected chi connectivity index (χ4v) is 8.52. The van der Waals surface area contributed by atoms with E-state index in [4.69, 9.17) is 4.42 Å². The molecule has 0 N–H and O–H groups in total. The molecule has 0 saturated carbocycles. The van der Waals surface area contributed by atoms with Crippen LogP contribution in [0.1, 0.15) is 0 Å². The Bertz CT molecular complexity index is 3370. The first-order valence-electron chi connectivity index (χ1n) is 19.9. The molecule has 11 aromatic rings. The zero-order chi connectivity index (χ0) is 39.3. The second kappa shape index (κ2) is 14.2. The molecule has 0 aliphatic rings. The summed E-state index contributed by atoms with van der Waals surface area (Å²) < 4.78 is 8.64. The topological polar surface area (TPSA) is 38.4 Å². The van der Waals surface area contributed by atoms with E-state index in [0.29, 0.717) is 21.9 Å². The fourth-order valence-electron chi connectivity index (χ4n) is 8.52. The van der Waals surface area contributed by atoms with Crippen molar-refractivity contribution in [2.24, 2.45) is 0 Å². The zero-order valence-corrected chi connectivity index (χ0v) is 32.0. The molecule has 0 radical (unpaired) electrons. The quantitative estimate of drug-likeness (QED) is 0.152. The first-order valence-corrected chi connectivity index (χ1v) is 19.9. The van der Waals surface area contributed by atoms with E-state index in [0.717, 1.165) is 56.0 Å². The number of fused-ring (bicyclic) bond motifs is 5. The minimum absolute atomic E-state index is 0.0126. The van der Waals surface area contributed by atoms with Gasteiger partial charge in [-0.25, -0.2) is 0 Å². The van der Waals surface area contributed by atoms with Gasteiger partial charge in [-0.2, -0.15) is 0 Å². The van der Waals surface area contributed by atoms with Gasteiger partial charge < -0.3 is 13.9 Å². The fraction of sp³-hybridized carbons (Fsp3) is 0. The number of anilines is 3. The van der Waals surface area contributed by atoms with Crippen LogP contribution in [0.2, 0.25) is 0 Å². The molecule has 9 aromatic carbocycles. The van der Waals surface area contributed by atoms with Gasteiger partial charge >= 0.3 is 0 Å². The van der Waals surface area contributed by atoms with Crippen LogP contribution < -0.4 is 10.3 Å². The molecule has 11 rings (SSSR count). The van der Waals surface area contributed by atoms with Gasteiger partial charge in [0.2, 0.25) is 5.43 Å². The van der Waals surface area contributed by atoms with E-state index in [9.17, 15) is 4.79 Å². The second-order valence-corrected chi connectivity index (χ2v) is 14.9. The third kappa shape index (κ3) is 6.06. The van der Waals surface area contributed by atoms with Gasteiger partial charge in [0.05, 0.1) is 21.8 Å². The normalized spacial score (nSPS) is 11.5. The van der Waals surface area contributed by atoms with Crippen LogP contribution in [0.15, 0.2) is 228 Å². The van der Waals surface area contributed by atoms with Crippen LogP contribution in [0.5, 0.6) is 0 Å². The van der Waals surface area contributed by atoms with E-state index < -0.39 is 0 Å². The molecule has 0 saturated heterocycles. The maximum atomic E-state index is 13.3. The first kappa shape index (κ1) is 34.3. The number of rotatable bonds is 7. The lowest BCUT2D eigenvalue weighted by Gasteiger charge is -2.25. The van der Waals surface area contributed by atoms with Crippen LogP contribution in [-0.4, -0.2) is 4.57 Å². The Balaban J connectivity index is 1.08. The molecule has 2 aromatic heterocycles. The van der Waals surface area contributed by atoms with Gasteiger partial charge in [0, 0.05) is 33.5 Å². The van der Waals surface area contributed by atoms with E-state index in [1.54, 1.807) is 0 Å². The van der Waals surface area contributed by atoms with Crippen LogP contribution in [0, 0.1) is 0 Å². The van der Waals surface area contributed by atoms with Crippen LogP contribution in [-0.2, 0) is 0 Å². The number of nitrogens with zero attached hydrogens (tertiary/aromatic N) is 2. The summed E-state index contributed by atoms with van der Waals surface area (Å²) in [5.74, 6) is 0. The molecule has 4 heteroatoms. The van der Waals surface area contributed by atoms with Gasteiger partial charge in [-0.05, 0) is 124 Å². The summed E-state index contributed by atoms with van der Waals surface area (Å²) in [6.45, 7) is 0. The maximum absolute atomic E-state index is 13.3. The number of aromatic nitrogens is 1. The van der Waals surface area contributed by atoms with Crippen LogP contribution >= 0.6 is 0 Å². The number of hydrogen-bond acceptors (Lipinski definition) is 3. The summed E-state index contributed by atoms with van der Waals surface area (Å²) in [7, 11) is 0. The SMILES string of the molecule is O=c1c2ccccc2oc2cc(-c3cccc(-c4ccc5c(c4)c4ccc(N(c6ccccc6)c6ccccc6)cc4n5-c4cccc(-c5ccccc5)c4)c3)ccc12. The van der Waals surface area contributed by atoms with Gasteiger partial charge in [-0.3, -0.25) is 4.79 Å². The predicted molar refractivity (Wildman–Crippen MR) is 245 cm³/mol. The summed E-state index contributed by atoms with van der Waals surface area (Å²) in [6, 6.07) is 76.0. The summed E-state index contributed by atoms with van der Waals surface area (Å²) in [5.41, 5.74) is 14.4. The van der Waals surface area contributed by atoms with E-state index in [1.807, 2.05) is 42.5 Å². The standard InChI is InChI=1S/C55H36N2O2/c58-55-48-24-10-11-25-53(48)59-54-35-42(26-29-49(54)55)39-17-12-16-38(32-39)41-27-31-51-50(34-41)47-30-28-46(56(43-19-6-2-7-20-43)44-21-8-3-9-22-44)36-52(47)57(51)45-23-13-18-40(33-45)37-14-4-1-5-15-37/h1-36H. The van der Waals surface area contributed by atoms with E-state index in [1.165, 1.54) is 21.9 Å². The zero-order valence-electron chi connectivity index (χ0n) is 32.0. The van der Waals surface area contributed by atoms with E-state index in [-0.39, 0.29) is 5.43 Å². The second-order valence-electron chi connectivity index (χ2n) is 14.9. The molecule has 0 bridgehead atoms. The Kier molecular flexibility index (Phi) is 8.26. The molecule has 4 nitrogen and oxygen atoms in total. The Hall–Kier alpha value is -7.95. The molecule has 0 amide bonds. The average Bonchev–Trinajstić information content (AvgIpc) is 3.63. The Morgan fingerprint density at radius 3 is 1.64 bits per heavy atom. The van der Waals surface area contributed by atoms with E-state index in [2.05, 4.69) is 185 Å². The van der Waals surface area contributed by atoms with Crippen molar-refractivity contribution in [1.82, 2.24) is 4.57 Å². The highest BCUT2D eigenvalue weighted by Gasteiger charge is 2.19. The molecule has 278 valence electrons. The van der Waals surface area contributed by atoms with Crippen molar-refractivity contribution in [3.63, 3.8) is 0 Å². The smallest absolute Gasteiger partial charge is 0.200 e. The van der Waals surface area contributed by atoms with Crippen LogP contribution in [0.3, 0.4) is 0 Å². The highest BCUT2D eigenvalue weighted by atomic mass is 16.3. The minimum Gasteiger partial charge on any atom is -0.456 e. The first-order chi connectivity index (χ1) is 29.2. The van der Waals surface area contributed by atoms with Crippen molar-refractivity contribution in [2.75, 3.05) is 4.90 Å². The summed E-state index contributed by atoms with van der Waals surface area (Å²) in [4.78, 5) is 15.6. The molecule has 0 unspecified atom stereocenters. The number of benzene rings is 9. The van der Waals surface area contributed by atoms with Crippen molar-refractivity contribution in [3.8, 4) is 39.1 Å². The molecular formula is C55H36N2O2. The lowest BCUT2D eigenvalue weighted by Crippen LogP contribution is -2.09. The number of para-hydroxylation sites is 3. The highest BCUT2D eigenvalue weighted by Crippen LogP contribution is 2.41. The van der Waals surface area contributed by atoms with Crippen LogP contribution in [0.25, 0.3) is 82.8 Å². The minimum atomic E-state index is -0.0126. The molecule has 0 aliphatic heterocycles. The van der Waals surface area contributed by atoms with Gasteiger partial charge in [0.25, 0.3) is 0 Å². The Morgan fingerprint density at radius 1 is 0.339 bits per heavy atom. The lowest BCUT2D eigenvalue weighted by molar-refractivity contribution is 0.660. The maximum Gasteiger partial charge on any atom is 0.200 e. The van der Waals surface area contributed by atoms with Gasteiger partial charge in [-0.15, -0.1) is 0 Å². The Morgan fingerprint density at radius 2 is 0.898 bits per heavy atom. The van der Waals surface area contributed by atoms with Gasteiger partial charge in [0.1, 0.15) is 11.2 Å². The summed E-state index contributed by atoms with van der Waals surface area (Å²) >= 11 is 0. The summed E-state index contributed by atoms with van der Waals surface area (Å²) in [6.07, 6.45) is 0. The van der Waals surface area contributed by atoms with Crippen molar-refractivity contribution in [3.05, 3.63) is 229 Å². The van der Waals surface area contributed by atoms with Crippen molar-refractivity contribution >= 4 is 60.8 Å². The monoisotopic (exact) mass is 756 g/mol. The molecule has 2 heterocycles. The molecule has 0 aliphatic carbocycles. The van der Waals surface area contributed by atoms with Crippen LogP contribution in [0.4, 0.5) is 17.1 Å². The third-order valence-corrected chi connectivity index (χ3v) is 11.4. The number of hydrogen-bond donors (Lipinski definition) is 0. The summed E-state index contributed by atoms with van der Waals surface area (Å²) in [5, 5.41) is 3.52. The van der Waals surface area contributed by atoms with Gasteiger partial charge in [-0.1, -0.05) is 127 Å². The van der Waals surface area contributed by atoms with Crippen molar-refractivity contribution in [2.45, 2.75) is 0 Å². The van der Waals surface area contributed by atoms with Crippen molar-refractivity contribution in [1.29, 1.82) is 0 Å². The highest BCUT2D eigenvalue weighted by molar-refractivity contribution is 6.11. The van der Waals surface area contributed by atoms with Crippen molar-refractivity contribution < 1.29 is 4.42 Å². The predicted octanol–water partition coefficient (Wildman–Crippen LogP) is 14.5. The lowest BCUT2D eigenvalue weighted by atomic mass is 9.97. The molecule has 0 atom stereocenters. The Labute approximate surface area is 341 Å².